The number of hydrogen-bond acceptors (Lipinski definition) is 5. The van der Waals surface area contributed by atoms with Gasteiger partial charge in [-0.25, -0.2) is 0 Å². The Hall–Kier alpha value is -0.850. The largest absolute Gasteiger partial charge is 0.469 e. The predicted molar refractivity (Wildman–Crippen MR) is 64.1 cm³/mol. The second-order valence-corrected chi connectivity index (χ2v) is 3.62. The number of rotatable bonds is 4. The van der Waals surface area contributed by atoms with Crippen molar-refractivity contribution in [3.63, 3.8) is 0 Å². The van der Waals surface area contributed by atoms with Crippen molar-refractivity contribution in [2.24, 2.45) is 0 Å². The number of methoxy groups -OCH3 is 1. The Morgan fingerprint density at radius 1 is 1.53 bits per heavy atom. The lowest BCUT2D eigenvalue weighted by atomic mass is 10.1. The first kappa shape index (κ1) is 16.1. The summed E-state index contributed by atoms with van der Waals surface area (Å²) >= 11 is 0. The molecule has 1 saturated heterocycles. The zero-order valence-electron chi connectivity index (χ0n) is 10.0. The Labute approximate surface area is 107 Å². The Morgan fingerprint density at radius 2 is 2.24 bits per heavy atom. The highest BCUT2D eigenvalue weighted by molar-refractivity contribution is 5.85. The minimum Gasteiger partial charge on any atom is -0.469 e. The van der Waals surface area contributed by atoms with Crippen molar-refractivity contribution in [2.45, 2.75) is 25.5 Å². The van der Waals surface area contributed by atoms with Gasteiger partial charge >= 0.3 is 5.97 Å². The van der Waals surface area contributed by atoms with Crippen molar-refractivity contribution in [1.29, 1.82) is 0 Å². The monoisotopic (exact) mass is 266 g/mol. The highest BCUT2D eigenvalue weighted by Crippen LogP contribution is 2.03. The summed E-state index contributed by atoms with van der Waals surface area (Å²) < 4.78 is 9.81. The van der Waals surface area contributed by atoms with E-state index in [2.05, 4.69) is 15.4 Å². The fourth-order valence-corrected chi connectivity index (χ4v) is 1.53. The minimum absolute atomic E-state index is 0. The molecule has 17 heavy (non-hydrogen) atoms. The van der Waals surface area contributed by atoms with Crippen LogP contribution in [0.25, 0.3) is 0 Å². The number of hydrogen-bond donors (Lipinski definition) is 2. The number of ether oxygens (including phenoxy) is 2. The molecule has 2 N–H and O–H groups in total. The molecule has 0 unspecified atom stereocenters. The Balaban J connectivity index is 0.00000256. The van der Waals surface area contributed by atoms with Gasteiger partial charge in [0, 0.05) is 13.1 Å². The van der Waals surface area contributed by atoms with Crippen LogP contribution in [0, 0.1) is 0 Å². The smallest absolute Gasteiger partial charge is 0.307 e. The summed E-state index contributed by atoms with van der Waals surface area (Å²) in [4.78, 5) is 22.5. The number of amides is 1. The lowest BCUT2D eigenvalue weighted by Crippen LogP contribution is -2.55. The molecule has 1 heterocycles. The van der Waals surface area contributed by atoms with E-state index < -0.39 is 0 Å². The summed E-state index contributed by atoms with van der Waals surface area (Å²) in [5.41, 5.74) is 0. The molecule has 1 aliphatic rings. The van der Waals surface area contributed by atoms with E-state index in [0.29, 0.717) is 13.2 Å². The molecule has 0 bridgehead atoms. The summed E-state index contributed by atoms with van der Waals surface area (Å²) in [5, 5.41) is 5.73. The molecular weight excluding hydrogens is 248 g/mol. The third-order valence-corrected chi connectivity index (χ3v) is 2.45. The van der Waals surface area contributed by atoms with Gasteiger partial charge in [-0.2, -0.15) is 0 Å². The van der Waals surface area contributed by atoms with Crippen LogP contribution in [0.1, 0.15) is 13.3 Å². The molecule has 6 nitrogen and oxygen atoms in total. The van der Waals surface area contributed by atoms with E-state index in [4.69, 9.17) is 4.74 Å². The molecule has 0 aromatic carbocycles. The van der Waals surface area contributed by atoms with Crippen LogP contribution >= 0.6 is 12.4 Å². The van der Waals surface area contributed by atoms with Crippen molar-refractivity contribution in [3.05, 3.63) is 0 Å². The van der Waals surface area contributed by atoms with Gasteiger partial charge < -0.3 is 20.1 Å². The fraction of sp³-hybridized carbons (Fsp3) is 0.800. The van der Waals surface area contributed by atoms with Crippen LogP contribution in [0.15, 0.2) is 0 Å². The Kier molecular flexibility index (Phi) is 7.86. The standard InChI is InChI=1S/C10H18N2O4.ClH/c1-7-9(11-5-6-16-7)10(14)12-4-3-8(13)15-2;/h7,9,11H,3-6H2,1-2H3,(H,12,14);1H/t7-,9+;/m1./s1. The number of nitrogens with one attached hydrogen (secondary N) is 2. The van der Waals surface area contributed by atoms with Crippen molar-refractivity contribution >= 4 is 24.3 Å². The summed E-state index contributed by atoms with van der Waals surface area (Å²) in [6, 6.07) is -0.341. The number of morpholine rings is 1. The van der Waals surface area contributed by atoms with E-state index in [1.54, 1.807) is 0 Å². The van der Waals surface area contributed by atoms with Crippen LogP contribution in [0.3, 0.4) is 0 Å². The Morgan fingerprint density at radius 3 is 2.82 bits per heavy atom. The average molecular weight is 267 g/mol. The quantitative estimate of drug-likeness (QED) is 0.669. The SMILES string of the molecule is COC(=O)CCNC(=O)[C@H]1NCCO[C@@H]1C.Cl. The van der Waals surface area contributed by atoms with E-state index in [0.717, 1.165) is 0 Å². The fourth-order valence-electron chi connectivity index (χ4n) is 1.53. The van der Waals surface area contributed by atoms with Crippen LogP contribution in [0.2, 0.25) is 0 Å². The maximum atomic E-state index is 11.7. The molecule has 0 spiro atoms. The van der Waals surface area contributed by atoms with Gasteiger partial charge in [0.2, 0.25) is 5.91 Å². The maximum absolute atomic E-state index is 11.7. The molecule has 0 aromatic rings. The third kappa shape index (κ3) is 5.34. The normalized spacial score (nSPS) is 23.4. The summed E-state index contributed by atoms with van der Waals surface area (Å²) in [7, 11) is 1.32. The summed E-state index contributed by atoms with van der Waals surface area (Å²) in [6.45, 7) is 3.42. The van der Waals surface area contributed by atoms with Gasteiger partial charge in [0.15, 0.2) is 0 Å². The number of carbonyl (C=O) groups excluding carboxylic acids is 2. The van der Waals surface area contributed by atoms with Crippen LogP contribution in [-0.4, -0.2) is 50.8 Å². The Bertz CT molecular complexity index is 263. The van der Waals surface area contributed by atoms with Gasteiger partial charge in [-0.05, 0) is 6.92 Å². The molecule has 1 amide bonds. The second kappa shape index (κ2) is 8.27. The number of carbonyl (C=O) groups is 2. The highest BCUT2D eigenvalue weighted by atomic mass is 35.5. The molecular formula is C10H19ClN2O4. The minimum atomic E-state index is -0.341. The lowest BCUT2D eigenvalue weighted by Gasteiger charge is -2.29. The summed E-state index contributed by atoms with van der Waals surface area (Å²) in [5.74, 6) is -0.475. The molecule has 0 radical (unpaired) electrons. The molecule has 0 saturated carbocycles. The van der Waals surface area contributed by atoms with Crippen LogP contribution in [0.4, 0.5) is 0 Å². The van der Waals surface area contributed by atoms with Crippen LogP contribution in [-0.2, 0) is 19.1 Å². The average Bonchev–Trinajstić information content (AvgIpc) is 2.29. The first-order valence-corrected chi connectivity index (χ1v) is 5.34. The molecule has 1 rings (SSSR count). The first-order chi connectivity index (χ1) is 7.65. The van der Waals surface area contributed by atoms with Crippen molar-refractivity contribution < 1.29 is 19.1 Å². The van der Waals surface area contributed by atoms with Crippen LogP contribution in [0.5, 0.6) is 0 Å². The molecule has 100 valence electrons. The van der Waals surface area contributed by atoms with Gasteiger partial charge in [0.1, 0.15) is 6.04 Å². The molecule has 7 heteroatoms. The van der Waals surface area contributed by atoms with E-state index in [9.17, 15) is 9.59 Å². The zero-order chi connectivity index (χ0) is 12.0. The first-order valence-electron chi connectivity index (χ1n) is 5.34. The van der Waals surface area contributed by atoms with E-state index in [1.165, 1.54) is 7.11 Å². The number of esters is 1. The predicted octanol–water partition coefficient (Wildman–Crippen LogP) is -0.536. The maximum Gasteiger partial charge on any atom is 0.307 e. The van der Waals surface area contributed by atoms with E-state index in [1.807, 2.05) is 6.92 Å². The van der Waals surface area contributed by atoms with Gasteiger partial charge in [0.05, 0.1) is 26.2 Å². The molecule has 1 aliphatic heterocycles. The molecule has 0 aromatic heterocycles. The van der Waals surface area contributed by atoms with Crippen molar-refractivity contribution in [1.82, 2.24) is 10.6 Å². The van der Waals surface area contributed by atoms with Gasteiger partial charge in [-0.15, -0.1) is 12.4 Å². The van der Waals surface area contributed by atoms with E-state index in [-0.39, 0.29) is 49.4 Å². The molecule has 0 aliphatic carbocycles. The van der Waals surface area contributed by atoms with Gasteiger partial charge in [0.25, 0.3) is 0 Å². The van der Waals surface area contributed by atoms with E-state index >= 15 is 0 Å². The van der Waals surface area contributed by atoms with Crippen LogP contribution < -0.4 is 10.6 Å². The molecule has 1 fully saturated rings. The zero-order valence-corrected chi connectivity index (χ0v) is 10.8. The second-order valence-electron chi connectivity index (χ2n) is 3.62. The van der Waals surface area contributed by atoms with Crippen molar-refractivity contribution in [3.8, 4) is 0 Å². The van der Waals surface area contributed by atoms with Crippen molar-refractivity contribution in [2.75, 3.05) is 26.8 Å². The topological polar surface area (TPSA) is 76.7 Å². The summed E-state index contributed by atoms with van der Waals surface area (Å²) in [6.07, 6.45) is 0.0383. The molecule has 2 atom stereocenters. The van der Waals surface area contributed by atoms with Gasteiger partial charge in [-0.3, -0.25) is 9.59 Å². The lowest BCUT2D eigenvalue weighted by molar-refractivity contribution is -0.140. The van der Waals surface area contributed by atoms with Gasteiger partial charge in [-0.1, -0.05) is 0 Å². The highest BCUT2D eigenvalue weighted by Gasteiger charge is 2.27. The third-order valence-electron chi connectivity index (χ3n) is 2.45. The number of halogens is 1.